The van der Waals surface area contributed by atoms with Gasteiger partial charge in [0.1, 0.15) is 5.82 Å². The topological polar surface area (TPSA) is 90.9 Å². The lowest BCUT2D eigenvalue weighted by atomic mass is 10.2. The third-order valence-corrected chi connectivity index (χ3v) is 4.23. The van der Waals surface area contributed by atoms with Gasteiger partial charge in [-0.15, -0.1) is 0 Å². The predicted octanol–water partition coefficient (Wildman–Crippen LogP) is 3.86. The predicted molar refractivity (Wildman–Crippen MR) is 107 cm³/mol. The molecule has 0 aliphatic carbocycles. The van der Waals surface area contributed by atoms with E-state index in [9.17, 15) is 14.9 Å². The quantitative estimate of drug-likeness (QED) is 0.402. The minimum Gasteiger partial charge on any atom is -0.268 e. The van der Waals surface area contributed by atoms with Crippen LogP contribution in [-0.2, 0) is 0 Å². The van der Waals surface area contributed by atoms with E-state index in [1.807, 2.05) is 24.3 Å². The van der Waals surface area contributed by atoms with Crippen molar-refractivity contribution in [3.05, 3.63) is 105 Å². The number of benzene rings is 2. The van der Waals surface area contributed by atoms with Gasteiger partial charge in [0, 0.05) is 24.5 Å². The first-order valence-corrected chi connectivity index (χ1v) is 8.48. The molecule has 0 aliphatic rings. The lowest BCUT2D eigenvalue weighted by Gasteiger charge is -2.11. The molecule has 0 fully saturated rings. The van der Waals surface area contributed by atoms with E-state index < -0.39 is 4.92 Å². The van der Waals surface area contributed by atoms with E-state index in [0.29, 0.717) is 22.4 Å². The largest absolute Gasteiger partial charge is 0.269 e. The second-order valence-corrected chi connectivity index (χ2v) is 6.02. The third kappa shape index (κ3) is 3.28. The van der Waals surface area contributed by atoms with Crippen LogP contribution in [-0.4, -0.2) is 19.5 Å². The van der Waals surface area contributed by atoms with Crippen molar-refractivity contribution in [2.75, 3.05) is 0 Å². The molecule has 0 bridgehead atoms. The van der Waals surface area contributed by atoms with Gasteiger partial charge in [-0.25, -0.2) is 4.98 Å². The molecule has 2 aromatic heterocycles. The van der Waals surface area contributed by atoms with Crippen molar-refractivity contribution in [1.29, 1.82) is 0 Å². The Morgan fingerprint density at radius 2 is 1.75 bits per heavy atom. The molecule has 28 heavy (non-hydrogen) atoms. The summed E-state index contributed by atoms with van der Waals surface area (Å²) in [6, 6.07) is 16.6. The number of hydrogen-bond acceptors (Lipinski definition) is 5. The Bertz CT molecular complexity index is 1250. The molecule has 0 N–H and O–H groups in total. The van der Waals surface area contributed by atoms with E-state index in [1.165, 1.54) is 28.8 Å². The van der Waals surface area contributed by atoms with Crippen LogP contribution >= 0.6 is 0 Å². The van der Waals surface area contributed by atoms with Crippen LogP contribution in [0.1, 0.15) is 11.4 Å². The summed E-state index contributed by atoms with van der Waals surface area (Å²) in [5.41, 5.74) is 1.65. The van der Waals surface area contributed by atoms with Gasteiger partial charge in [-0.3, -0.25) is 24.5 Å². The number of hydrogen-bond donors (Lipinski definition) is 0. The van der Waals surface area contributed by atoms with Crippen LogP contribution in [0.15, 0.2) is 77.9 Å². The lowest BCUT2D eigenvalue weighted by Crippen LogP contribution is -2.22. The second kappa shape index (κ2) is 7.24. The molecule has 7 nitrogen and oxygen atoms in total. The van der Waals surface area contributed by atoms with Gasteiger partial charge in [0.25, 0.3) is 11.2 Å². The number of nitrogens with zero attached hydrogens (tertiary/aromatic N) is 4. The standard InChI is InChI=1S/C21H14N4O3/c26-21-18-5-1-2-6-19(18)23-20(12-7-15-4-3-13-22-14-15)24(21)16-8-10-17(11-9-16)25(27)28/h1-14H. The molecule has 7 heteroatoms. The van der Waals surface area contributed by atoms with Crippen LogP contribution < -0.4 is 5.56 Å². The maximum atomic E-state index is 13.1. The van der Waals surface area contributed by atoms with Crippen LogP contribution in [0.4, 0.5) is 5.69 Å². The minimum atomic E-state index is -0.478. The first kappa shape index (κ1) is 17.3. The second-order valence-electron chi connectivity index (χ2n) is 6.02. The molecule has 2 heterocycles. The molecule has 0 unspecified atom stereocenters. The van der Waals surface area contributed by atoms with E-state index in [4.69, 9.17) is 0 Å². The number of nitro benzene ring substituents is 1. The van der Waals surface area contributed by atoms with E-state index in [-0.39, 0.29) is 11.2 Å². The van der Waals surface area contributed by atoms with Gasteiger partial charge in [0.05, 0.1) is 21.5 Å². The van der Waals surface area contributed by atoms with E-state index in [0.717, 1.165) is 5.56 Å². The fourth-order valence-electron chi connectivity index (χ4n) is 2.88. The number of fused-ring (bicyclic) bond motifs is 1. The minimum absolute atomic E-state index is 0.0435. The van der Waals surface area contributed by atoms with E-state index >= 15 is 0 Å². The van der Waals surface area contributed by atoms with Crippen LogP contribution in [0.3, 0.4) is 0 Å². The summed E-state index contributed by atoms with van der Waals surface area (Å²) in [5.74, 6) is 0.418. The van der Waals surface area contributed by atoms with Crippen molar-refractivity contribution in [2.24, 2.45) is 0 Å². The molecule has 0 saturated carbocycles. The number of rotatable bonds is 4. The molecule has 4 rings (SSSR count). The normalized spacial score (nSPS) is 11.1. The summed E-state index contributed by atoms with van der Waals surface area (Å²) in [6.07, 6.45) is 6.92. The van der Waals surface area contributed by atoms with Gasteiger partial charge in [-0.1, -0.05) is 18.2 Å². The zero-order valence-electron chi connectivity index (χ0n) is 14.6. The van der Waals surface area contributed by atoms with Crippen molar-refractivity contribution >= 4 is 28.7 Å². The molecule has 136 valence electrons. The van der Waals surface area contributed by atoms with Crippen LogP contribution in [0, 0.1) is 10.1 Å². The van der Waals surface area contributed by atoms with Gasteiger partial charge >= 0.3 is 0 Å². The fraction of sp³-hybridized carbons (Fsp3) is 0. The number of non-ortho nitro benzene ring substituents is 1. The fourth-order valence-corrected chi connectivity index (χ4v) is 2.88. The highest BCUT2D eigenvalue weighted by atomic mass is 16.6. The molecular formula is C21H14N4O3. The Labute approximate surface area is 159 Å². The van der Waals surface area contributed by atoms with Gasteiger partial charge in [0.2, 0.25) is 0 Å². The zero-order chi connectivity index (χ0) is 19.5. The summed E-state index contributed by atoms with van der Waals surface area (Å²) in [6.45, 7) is 0. The molecule has 0 atom stereocenters. The summed E-state index contributed by atoms with van der Waals surface area (Å²) in [5, 5.41) is 11.4. The molecule has 0 radical (unpaired) electrons. The number of nitro groups is 1. The van der Waals surface area contributed by atoms with Crippen molar-refractivity contribution in [1.82, 2.24) is 14.5 Å². The lowest BCUT2D eigenvalue weighted by molar-refractivity contribution is -0.384. The van der Waals surface area contributed by atoms with Gasteiger partial charge in [-0.2, -0.15) is 0 Å². The average molecular weight is 370 g/mol. The number of aromatic nitrogens is 3. The Kier molecular flexibility index (Phi) is 4.47. The highest BCUT2D eigenvalue weighted by molar-refractivity contribution is 5.80. The molecule has 0 aliphatic heterocycles. The molecule has 0 spiro atoms. The summed E-state index contributed by atoms with van der Waals surface area (Å²) < 4.78 is 1.44. The molecule has 4 aromatic rings. The number of para-hydroxylation sites is 1. The van der Waals surface area contributed by atoms with Crippen molar-refractivity contribution in [3.8, 4) is 5.69 Å². The van der Waals surface area contributed by atoms with Crippen LogP contribution in [0.5, 0.6) is 0 Å². The van der Waals surface area contributed by atoms with Gasteiger partial charge in [-0.05, 0) is 48.0 Å². The van der Waals surface area contributed by atoms with E-state index in [2.05, 4.69) is 9.97 Å². The van der Waals surface area contributed by atoms with Gasteiger partial charge in [0.15, 0.2) is 0 Å². The monoisotopic (exact) mass is 370 g/mol. The molecule has 0 saturated heterocycles. The van der Waals surface area contributed by atoms with E-state index in [1.54, 1.807) is 36.7 Å². The average Bonchev–Trinajstić information content (AvgIpc) is 2.73. The summed E-state index contributed by atoms with van der Waals surface area (Å²) >= 11 is 0. The Balaban J connectivity index is 1.92. The Morgan fingerprint density at radius 1 is 0.964 bits per heavy atom. The first-order valence-electron chi connectivity index (χ1n) is 8.48. The van der Waals surface area contributed by atoms with Crippen LogP contribution in [0.2, 0.25) is 0 Å². The summed E-state index contributed by atoms with van der Waals surface area (Å²) in [4.78, 5) is 32.2. The molecular weight excluding hydrogens is 356 g/mol. The number of pyridine rings is 1. The smallest absolute Gasteiger partial charge is 0.268 e. The van der Waals surface area contributed by atoms with Gasteiger partial charge < -0.3 is 0 Å². The van der Waals surface area contributed by atoms with Crippen LogP contribution in [0.25, 0.3) is 28.7 Å². The third-order valence-electron chi connectivity index (χ3n) is 4.23. The van der Waals surface area contributed by atoms with Crippen molar-refractivity contribution < 1.29 is 4.92 Å². The Morgan fingerprint density at radius 3 is 2.46 bits per heavy atom. The van der Waals surface area contributed by atoms with Crippen molar-refractivity contribution in [3.63, 3.8) is 0 Å². The first-order chi connectivity index (χ1) is 13.6. The highest BCUT2D eigenvalue weighted by Gasteiger charge is 2.12. The SMILES string of the molecule is O=c1c2ccccc2nc(C=Cc2cccnc2)n1-c1ccc([N+](=O)[O-])cc1. The maximum absolute atomic E-state index is 13.1. The molecule has 0 amide bonds. The van der Waals surface area contributed by atoms with Crippen molar-refractivity contribution in [2.45, 2.75) is 0 Å². The highest BCUT2D eigenvalue weighted by Crippen LogP contribution is 2.18. The Hall–Kier alpha value is -4.13. The molecule has 2 aromatic carbocycles. The maximum Gasteiger partial charge on any atom is 0.269 e. The summed E-state index contributed by atoms with van der Waals surface area (Å²) in [7, 11) is 0. The zero-order valence-corrected chi connectivity index (χ0v) is 14.6.